The van der Waals surface area contributed by atoms with Crippen LogP contribution in [0.5, 0.6) is 0 Å². The second-order valence-electron chi connectivity index (χ2n) is 5.97. The van der Waals surface area contributed by atoms with Gasteiger partial charge in [-0.05, 0) is 24.3 Å². The summed E-state index contributed by atoms with van der Waals surface area (Å²) < 4.78 is 32.7. The fourth-order valence-electron chi connectivity index (χ4n) is 2.69. The van der Waals surface area contributed by atoms with Gasteiger partial charge in [-0.25, -0.2) is 4.98 Å². The van der Waals surface area contributed by atoms with Gasteiger partial charge in [-0.3, -0.25) is 14.2 Å². The lowest BCUT2D eigenvalue weighted by Crippen LogP contribution is -2.38. The number of alkyl halides is 2. The standard InChI is InChI=1S/C18H18F2N4O3/c1-11(9-21-15(25)10-22-17(26)14-7-4-8-27-14)16-23-12-5-2-3-6-13(12)24(16)18(19)20/h2-8,11,18H,9-10H2,1H3,(H,21,25)(H,22,26)/t11-/m1/s1. The van der Waals surface area contributed by atoms with E-state index in [-0.39, 0.29) is 24.7 Å². The van der Waals surface area contributed by atoms with Crippen LogP contribution < -0.4 is 10.6 Å². The molecule has 0 spiro atoms. The fraction of sp³-hybridized carbons (Fsp3) is 0.278. The second-order valence-corrected chi connectivity index (χ2v) is 5.97. The zero-order chi connectivity index (χ0) is 19.4. The van der Waals surface area contributed by atoms with Crippen molar-refractivity contribution in [2.24, 2.45) is 0 Å². The van der Waals surface area contributed by atoms with Crippen LogP contribution in [0.3, 0.4) is 0 Å². The van der Waals surface area contributed by atoms with Gasteiger partial charge in [0.15, 0.2) is 5.76 Å². The van der Waals surface area contributed by atoms with E-state index in [1.165, 1.54) is 12.3 Å². The highest BCUT2D eigenvalue weighted by atomic mass is 19.3. The summed E-state index contributed by atoms with van der Waals surface area (Å²) in [6.07, 6.45) is 1.35. The first-order valence-electron chi connectivity index (χ1n) is 8.30. The van der Waals surface area contributed by atoms with Gasteiger partial charge in [-0.1, -0.05) is 19.1 Å². The fourth-order valence-corrected chi connectivity index (χ4v) is 2.69. The average molecular weight is 376 g/mol. The Morgan fingerprint density at radius 1 is 1.19 bits per heavy atom. The molecule has 9 heteroatoms. The van der Waals surface area contributed by atoms with Crippen LogP contribution >= 0.6 is 0 Å². The summed E-state index contributed by atoms with van der Waals surface area (Å²) >= 11 is 0. The largest absolute Gasteiger partial charge is 0.459 e. The maximum atomic E-state index is 13.5. The molecule has 0 bridgehead atoms. The molecule has 2 amide bonds. The Hall–Kier alpha value is -3.23. The number of benzene rings is 1. The molecule has 0 aliphatic carbocycles. The second kappa shape index (κ2) is 7.98. The van der Waals surface area contributed by atoms with Gasteiger partial charge in [0.2, 0.25) is 5.91 Å². The van der Waals surface area contributed by atoms with Gasteiger partial charge in [0.05, 0.1) is 23.8 Å². The smallest absolute Gasteiger partial charge is 0.320 e. The van der Waals surface area contributed by atoms with Crippen LogP contribution in [0, 0.1) is 0 Å². The van der Waals surface area contributed by atoms with E-state index >= 15 is 0 Å². The third-order valence-electron chi connectivity index (χ3n) is 4.02. The highest BCUT2D eigenvalue weighted by Crippen LogP contribution is 2.27. The normalized spacial score (nSPS) is 12.3. The molecule has 0 fully saturated rings. The first-order valence-corrected chi connectivity index (χ1v) is 8.30. The van der Waals surface area contributed by atoms with Crippen molar-refractivity contribution < 1.29 is 22.8 Å². The molecular formula is C18H18F2N4O3. The lowest BCUT2D eigenvalue weighted by Gasteiger charge is -2.15. The van der Waals surface area contributed by atoms with Crippen molar-refractivity contribution in [3.8, 4) is 0 Å². The number of amides is 2. The molecule has 2 heterocycles. The van der Waals surface area contributed by atoms with Gasteiger partial charge < -0.3 is 15.1 Å². The average Bonchev–Trinajstić information content (AvgIpc) is 3.31. The number of imidazole rings is 1. The third-order valence-corrected chi connectivity index (χ3v) is 4.02. The van der Waals surface area contributed by atoms with E-state index in [4.69, 9.17) is 4.42 Å². The minimum Gasteiger partial charge on any atom is -0.459 e. The van der Waals surface area contributed by atoms with Crippen LogP contribution in [0.15, 0.2) is 47.1 Å². The molecule has 0 saturated carbocycles. The number of nitrogens with zero attached hydrogens (tertiary/aromatic N) is 2. The Morgan fingerprint density at radius 3 is 2.67 bits per heavy atom. The topological polar surface area (TPSA) is 89.2 Å². The number of para-hydroxylation sites is 2. The van der Waals surface area contributed by atoms with Gasteiger partial charge in [0, 0.05) is 12.5 Å². The van der Waals surface area contributed by atoms with Gasteiger partial charge >= 0.3 is 6.55 Å². The lowest BCUT2D eigenvalue weighted by atomic mass is 10.1. The highest BCUT2D eigenvalue weighted by Gasteiger charge is 2.22. The highest BCUT2D eigenvalue weighted by molar-refractivity contribution is 5.94. The van der Waals surface area contributed by atoms with Crippen molar-refractivity contribution in [1.29, 1.82) is 0 Å². The molecule has 3 rings (SSSR count). The molecule has 1 atom stereocenters. The van der Waals surface area contributed by atoms with Crippen molar-refractivity contribution in [3.05, 3.63) is 54.2 Å². The summed E-state index contributed by atoms with van der Waals surface area (Å²) in [6.45, 7) is -1.19. The number of hydrogen-bond donors (Lipinski definition) is 2. The zero-order valence-electron chi connectivity index (χ0n) is 14.5. The molecule has 0 unspecified atom stereocenters. The van der Waals surface area contributed by atoms with Crippen molar-refractivity contribution in [2.45, 2.75) is 19.4 Å². The van der Waals surface area contributed by atoms with E-state index < -0.39 is 24.3 Å². The molecule has 27 heavy (non-hydrogen) atoms. The molecule has 0 aliphatic rings. The van der Waals surface area contributed by atoms with Crippen molar-refractivity contribution in [1.82, 2.24) is 20.2 Å². The van der Waals surface area contributed by atoms with E-state index in [1.54, 1.807) is 37.3 Å². The molecule has 1 aromatic carbocycles. The molecular weight excluding hydrogens is 358 g/mol. The van der Waals surface area contributed by atoms with Crippen LogP contribution in [0.2, 0.25) is 0 Å². The van der Waals surface area contributed by atoms with Crippen LogP contribution in [-0.4, -0.2) is 34.5 Å². The number of carbonyl (C=O) groups is 2. The first-order chi connectivity index (χ1) is 13.0. The van der Waals surface area contributed by atoms with Gasteiger partial charge in [-0.2, -0.15) is 8.78 Å². The molecule has 142 valence electrons. The number of carbonyl (C=O) groups excluding carboxylic acids is 2. The van der Waals surface area contributed by atoms with Crippen LogP contribution in [0.25, 0.3) is 11.0 Å². The van der Waals surface area contributed by atoms with Gasteiger partial charge in [-0.15, -0.1) is 0 Å². The van der Waals surface area contributed by atoms with Gasteiger partial charge in [0.25, 0.3) is 5.91 Å². The molecule has 0 aliphatic heterocycles. The molecule has 2 N–H and O–H groups in total. The van der Waals surface area contributed by atoms with E-state index in [2.05, 4.69) is 15.6 Å². The number of hydrogen-bond acceptors (Lipinski definition) is 4. The summed E-state index contributed by atoms with van der Waals surface area (Å²) in [6, 6.07) is 9.67. The Morgan fingerprint density at radius 2 is 1.96 bits per heavy atom. The minimum absolute atomic E-state index is 0.0989. The molecule has 0 saturated heterocycles. The molecule has 2 aromatic heterocycles. The van der Waals surface area contributed by atoms with E-state index in [1.807, 2.05) is 0 Å². The number of nitrogens with one attached hydrogen (secondary N) is 2. The SMILES string of the molecule is C[C@H](CNC(=O)CNC(=O)c1ccco1)c1nc2ccccc2n1C(F)F. The number of furan rings is 1. The number of rotatable bonds is 7. The maximum absolute atomic E-state index is 13.5. The first kappa shape index (κ1) is 18.6. The van der Waals surface area contributed by atoms with Crippen LogP contribution in [0.4, 0.5) is 8.78 Å². The summed E-state index contributed by atoms with van der Waals surface area (Å²) in [7, 11) is 0. The number of fused-ring (bicyclic) bond motifs is 1. The molecule has 3 aromatic rings. The van der Waals surface area contributed by atoms with Crippen LogP contribution in [-0.2, 0) is 4.79 Å². The number of aromatic nitrogens is 2. The van der Waals surface area contributed by atoms with Crippen molar-refractivity contribution in [3.63, 3.8) is 0 Å². The zero-order valence-corrected chi connectivity index (χ0v) is 14.5. The minimum atomic E-state index is -2.74. The quantitative estimate of drug-likeness (QED) is 0.664. The third kappa shape index (κ3) is 4.13. The number of halogens is 2. The lowest BCUT2D eigenvalue weighted by molar-refractivity contribution is -0.120. The van der Waals surface area contributed by atoms with Crippen molar-refractivity contribution in [2.75, 3.05) is 13.1 Å². The molecule has 0 radical (unpaired) electrons. The summed E-state index contributed by atoms with van der Waals surface area (Å²) in [5.74, 6) is -1.12. The predicted octanol–water partition coefficient (Wildman–Crippen LogP) is 2.67. The molecule has 7 nitrogen and oxygen atoms in total. The van der Waals surface area contributed by atoms with E-state index in [9.17, 15) is 18.4 Å². The predicted molar refractivity (Wildman–Crippen MR) is 93.5 cm³/mol. The monoisotopic (exact) mass is 376 g/mol. The Bertz CT molecular complexity index is 937. The van der Waals surface area contributed by atoms with Crippen LogP contribution in [0.1, 0.15) is 35.8 Å². The van der Waals surface area contributed by atoms with E-state index in [0.717, 1.165) is 4.57 Å². The Kier molecular flexibility index (Phi) is 5.49. The van der Waals surface area contributed by atoms with Gasteiger partial charge in [0.1, 0.15) is 5.82 Å². The Labute approximate surface area is 153 Å². The van der Waals surface area contributed by atoms with E-state index in [0.29, 0.717) is 11.0 Å². The summed E-state index contributed by atoms with van der Waals surface area (Å²) in [4.78, 5) is 27.9. The van der Waals surface area contributed by atoms with Crippen molar-refractivity contribution >= 4 is 22.8 Å². The summed E-state index contributed by atoms with van der Waals surface area (Å²) in [5, 5.41) is 5.02. The Balaban J connectivity index is 1.60. The maximum Gasteiger partial charge on any atom is 0.320 e. The summed E-state index contributed by atoms with van der Waals surface area (Å²) in [5.41, 5.74) is 0.808.